The van der Waals surface area contributed by atoms with Gasteiger partial charge >= 0.3 is 5.97 Å². The topological polar surface area (TPSA) is 97.3 Å². The summed E-state index contributed by atoms with van der Waals surface area (Å²) in [4.78, 5) is 17.4. The summed E-state index contributed by atoms with van der Waals surface area (Å²) in [5, 5.41) is 17.5. The molecule has 0 saturated carbocycles. The first-order valence-corrected chi connectivity index (χ1v) is 8.60. The number of carbonyl (C=O) groups is 1. The van der Waals surface area contributed by atoms with Crippen LogP contribution in [0.3, 0.4) is 0 Å². The normalized spacial score (nSPS) is 14.1. The monoisotopic (exact) mass is 353 g/mol. The van der Waals surface area contributed by atoms with E-state index in [1.54, 1.807) is 0 Å². The van der Waals surface area contributed by atoms with Crippen molar-refractivity contribution >= 4 is 11.9 Å². The number of rotatable bonds is 5. The minimum Gasteiger partial charge on any atom is -0.481 e. The highest BCUT2D eigenvalue weighted by Gasteiger charge is 2.21. The molecule has 0 amide bonds. The molecule has 1 aliphatic rings. The number of aromatic nitrogens is 4. The molecule has 1 N–H and O–H groups in total. The van der Waals surface area contributed by atoms with E-state index in [-0.39, 0.29) is 6.42 Å². The van der Waals surface area contributed by atoms with Gasteiger partial charge in [0, 0.05) is 25.1 Å². The molecule has 2 aromatic heterocycles. The molecule has 0 unspecified atom stereocenters. The number of carboxylic acids is 1. The largest absolute Gasteiger partial charge is 0.481 e. The summed E-state index contributed by atoms with van der Waals surface area (Å²) in [6, 6.07) is 11.6. The zero-order valence-corrected chi connectivity index (χ0v) is 14.2. The molecule has 1 aliphatic heterocycles. The summed E-state index contributed by atoms with van der Waals surface area (Å²) in [6.45, 7) is 2.22. The van der Waals surface area contributed by atoms with Crippen molar-refractivity contribution in [2.45, 2.75) is 32.4 Å². The summed E-state index contributed by atoms with van der Waals surface area (Å²) in [6.07, 6.45) is 1.43. The molecule has 134 valence electrons. The fourth-order valence-electron chi connectivity index (χ4n) is 3.09. The molecule has 0 spiro atoms. The SMILES string of the molecule is O=C(O)CCc1cc2n(n1)CCCN(c1noc(-c3ccccc3)n1)C2. The maximum atomic E-state index is 10.8. The lowest BCUT2D eigenvalue weighted by atomic mass is 10.2. The number of nitrogens with zero attached hydrogens (tertiary/aromatic N) is 5. The fourth-order valence-corrected chi connectivity index (χ4v) is 3.09. The maximum Gasteiger partial charge on any atom is 0.303 e. The zero-order valence-electron chi connectivity index (χ0n) is 14.2. The van der Waals surface area contributed by atoms with Crippen molar-refractivity contribution < 1.29 is 14.4 Å². The van der Waals surface area contributed by atoms with E-state index in [4.69, 9.17) is 9.63 Å². The lowest BCUT2D eigenvalue weighted by molar-refractivity contribution is -0.136. The van der Waals surface area contributed by atoms with Gasteiger partial charge in [0.15, 0.2) is 0 Å². The maximum absolute atomic E-state index is 10.8. The van der Waals surface area contributed by atoms with Crippen LogP contribution < -0.4 is 4.90 Å². The molecule has 8 heteroatoms. The van der Waals surface area contributed by atoms with Crippen LogP contribution in [0.25, 0.3) is 11.5 Å². The van der Waals surface area contributed by atoms with Crippen molar-refractivity contribution in [1.29, 1.82) is 0 Å². The van der Waals surface area contributed by atoms with Crippen molar-refractivity contribution in [3.8, 4) is 11.5 Å². The van der Waals surface area contributed by atoms with E-state index >= 15 is 0 Å². The molecule has 0 aliphatic carbocycles. The van der Waals surface area contributed by atoms with Crippen molar-refractivity contribution in [3.63, 3.8) is 0 Å². The third kappa shape index (κ3) is 3.44. The molecule has 3 heterocycles. The summed E-state index contributed by atoms with van der Waals surface area (Å²) in [5.74, 6) is 0.251. The van der Waals surface area contributed by atoms with Crippen LogP contribution in [0.5, 0.6) is 0 Å². The molecule has 8 nitrogen and oxygen atoms in total. The van der Waals surface area contributed by atoms with Crippen LogP contribution >= 0.6 is 0 Å². The Morgan fingerprint density at radius 3 is 2.88 bits per heavy atom. The van der Waals surface area contributed by atoms with Crippen LogP contribution in [-0.2, 0) is 24.3 Å². The Balaban J connectivity index is 1.52. The van der Waals surface area contributed by atoms with Crippen molar-refractivity contribution in [3.05, 3.63) is 47.8 Å². The summed E-state index contributed by atoms with van der Waals surface area (Å²) in [7, 11) is 0. The molecule has 0 fully saturated rings. The van der Waals surface area contributed by atoms with E-state index in [1.807, 2.05) is 41.1 Å². The highest BCUT2D eigenvalue weighted by Crippen LogP contribution is 2.23. The Bertz CT molecular complexity index is 903. The van der Waals surface area contributed by atoms with Crippen molar-refractivity contribution in [2.75, 3.05) is 11.4 Å². The molecule has 1 aromatic carbocycles. The van der Waals surface area contributed by atoms with Crippen molar-refractivity contribution in [2.24, 2.45) is 0 Å². The van der Waals surface area contributed by atoms with E-state index in [0.29, 0.717) is 24.8 Å². The average molecular weight is 353 g/mol. The van der Waals surface area contributed by atoms with Gasteiger partial charge in [0.25, 0.3) is 11.8 Å². The summed E-state index contributed by atoms with van der Waals surface area (Å²) < 4.78 is 7.37. The van der Waals surface area contributed by atoms with Gasteiger partial charge in [0.1, 0.15) is 0 Å². The van der Waals surface area contributed by atoms with Crippen LogP contribution in [-0.4, -0.2) is 37.5 Å². The van der Waals surface area contributed by atoms with Crippen LogP contribution in [0.2, 0.25) is 0 Å². The van der Waals surface area contributed by atoms with E-state index in [9.17, 15) is 4.79 Å². The van der Waals surface area contributed by atoms with Gasteiger partial charge in [-0.1, -0.05) is 18.2 Å². The lowest BCUT2D eigenvalue weighted by Gasteiger charge is -2.16. The molecule has 0 radical (unpaired) electrons. The Hall–Kier alpha value is -3.16. The highest BCUT2D eigenvalue weighted by molar-refractivity contribution is 5.67. The number of anilines is 1. The third-order valence-electron chi connectivity index (χ3n) is 4.38. The fraction of sp³-hybridized carbons (Fsp3) is 0.333. The van der Waals surface area contributed by atoms with E-state index < -0.39 is 5.97 Å². The van der Waals surface area contributed by atoms with Gasteiger partial charge in [-0.15, -0.1) is 0 Å². The number of benzene rings is 1. The second-order valence-corrected chi connectivity index (χ2v) is 6.28. The van der Waals surface area contributed by atoms with Gasteiger partial charge in [0.05, 0.1) is 24.4 Å². The van der Waals surface area contributed by atoms with E-state index in [2.05, 4.69) is 20.1 Å². The Kier molecular flexibility index (Phi) is 4.39. The van der Waals surface area contributed by atoms with Crippen LogP contribution in [0, 0.1) is 0 Å². The predicted molar refractivity (Wildman–Crippen MR) is 93.6 cm³/mol. The van der Waals surface area contributed by atoms with Crippen LogP contribution in [0.4, 0.5) is 5.95 Å². The summed E-state index contributed by atoms with van der Waals surface area (Å²) in [5.41, 5.74) is 2.73. The minimum atomic E-state index is -0.810. The molecule has 26 heavy (non-hydrogen) atoms. The Morgan fingerprint density at radius 2 is 2.08 bits per heavy atom. The molecular formula is C18H19N5O3. The van der Waals surface area contributed by atoms with Gasteiger partial charge in [-0.2, -0.15) is 10.1 Å². The molecule has 0 bridgehead atoms. The first-order chi connectivity index (χ1) is 12.7. The molecule has 0 saturated heterocycles. The molecule has 0 atom stereocenters. The second kappa shape index (κ2) is 6.99. The lowest BCUT2D eigenvalue weighted by Crippen LogP contribution is -2.23. The summed E-state index contributed by atoms with van der Waals surface area (Å²) >= 11 is 0. The quantitative estimate of drug-likeness (QED) is 0.752. The van der Waals surface area contributed by atoms with E-state index in [0.717, 1.165) is 36.5 Å². The van der Waals surface area contributed by atoms with Crippen LogP contribution in [0.15, 0.2) is 40.9 Å². The number of fused-ring (bicyclic) bond motifs is 1. The number of hydrogen-bond donors (Lipinski definition) is 1. The highest BCUT2D eigenvalue weighted by atomic mass is 16.5. The standard InChI is InChI=1S/C18H19N5O3/c24-16(25)8-7-14-11-15-12-22(9-4-10-23(15)20-14)18-19-17(26-21-18)13-5-2-1-3-6-13/h1-3,5-6,11H,4,7-10,12H2,(H,24,25). The van der Waals surface area contributed by atoms with E-state index in [1.165, 1.54) is 0 Å². The molecular weight excluding hydrogens is 334 g/mol. The predicted octanol–water partition coefficient (Wildman–Crippen LogP) is 2.36. The minimum absolute atomic E-state index is 0.0887. The molecule has 3 aromatic rings. The van der Waals surface area contributed by atoms with Gasteiger partial charge in [-0.25, -0.2) is 0 Å². The first-order valence-electron chi connectivity index (χ1n) is 8.60. The number of hydrogen-bond acceptors (Lipinski definition) is 6. The first kappa shape index (κ1) is 16.3. The van der Waals surface area contributed by atoms with Gasteiger partial charge in [0.2, 0.25) is 0 Å². The zero-order chi connectivity index (χ0) is 17.9. The Labute approximate surface area is 150 Å². The second-order valence-electron chi connectivity index (χ2n) is 6.28. The number of carboxylic acid groups (broad SMARTS) is 1. The van der Waals surface area contributed by atoms with Crippen molar-refractivity contribution in [1.82, 2.24) is 19.9 Å². The van der Waals surface area contributed by atoms with Gasteiger partial charge in [-0.3, -0.25) is 9.48 Å². The number of aliphatic carboxylic acids is 1. The molecule has 4 rings (SSSR count). The van der Waals surface area contributed by atoms with Gasteiger partial charge < -0.3 is 14.5 Å². The van der Waals surface area contributed by atoms with Crippen LogP contribution in [0.1, 0.15) is 24.2 Å². The number of aryl methyl sites for hydroxylation is 2. The van der Waals surface area contributed by atoms with Gasteiger partial charge in [-0.05, 0) is 29.8 Å². The third-order valence-corrected chi connectivity index (χ3v) is 4.38. The Morgan fingerprint density at radius 1 is 1.23 bits per heavy atom. The average Bonchev–Trinajstić information content (AvgIpc) is 3.23. The smallest absolute Gasteiger partial charge is 0.303 e.